The van der Waals surface area contributed by atoms with Crippen molar-refractivity contribution < 1.29 is 39.5 Å². The molecule has 6 N–H and O–H groups in total. The van der Waals surface area contributed by atoms with Crippen LogP contribution in [0.4, 0.5) is 0 Å². The molecule has 0 spiro atoms. The number of carboxylic acid groups (broad SMARTS) is 1. The lowest BCUT2D eigenvalue weighted by Crippen LogP contribution is -2.54. The molecule has 1 amide bonds. The third-order valence-corrected chi connectivity index (χ3v) is 9.60. The number of amides is 1. The van der Waals surface area contributed by atoms with E-state index in [0.717, 1.165) is 16.9 Å². The van der Waals surface area contributed by atoms with Gasteiger partial charge < -0.3 is 35.6 Å². The summed E-state index contributed by atoms with van der Waals surface area (Å²) in [6.45, 7) is 2.49. The smallest absolute Gasteiger partial charge is 0.314 e. The number of carbonyl (C=O) groups is 2. The van der Waals surface area contributed by atoms with Crippen LogP contribution in [-0.2, 0) is 21.4 Å². The van der Waals surface area contributed by atoms with Gasteiger partial charge in [-0.1, -0.05) is 41.9 Å². The van der Waals surface area contributed by atoms with E-state index < -0.39 is 47.8 Å². The van der Waals surface area contributed by atoms with Crippen LogP contribution in [0.25, 0.3) is 0 Å². The van der Waals surface area contributed by atoms with Gasteiger partial charge in [0.1, 0.15) is 30.2 Å². The average Bonchev–Trinajstić information content (AvgIpc) is 3.80. The number of aliphatic carboxylic acids is 1. The molecule has 2 aliphatic rings. The van der Waals surface area contributed by atoms with Gasteiger partial charge in [-0.05, 0) is 78.8 Å². The first-order valence-electron chi connectivity index (χ1n) is 14.0. The summed E-state index contributed by atoms with van der Waals surface area (Å²) < 4.78 is 11.7. The maximum atomic E-state index is 12.1. The molecule has 43 heavy (non-hydrogen) atoms. The normalized spacial score (nSPS) is 24.3. The average molecular weight is 628 g/mol. The Bertz CT molecular complexity index is 1500. The number of hydrogen-bond donors (Lipinski definition) is 5. The number of halogens is 1. The summed E-state index contributed by atoms with van der Waals surface area (Å²) >= 11 is 7.72. The molecule has 3 aromatic rings. The van der Waals surface area contributed by atoms with Crippen LogP contribution in [0, 0.1) is 0 Å². The Hall–Kier alpha value is -3.12. The molecular formula is C32H34ClNO8S. The van der Waals surface area contributed by atoms with E-state index in [0.29, 0.717) is 46.9 Å². The zero-order valence-electron chi connectivity index (χ0n) is 23.5. The highest BCUT2D eigenvalue weighted by molar-refractivity contribution is 7.99. The second kappa shape index (κ2) is 12.9. The Kier molecular flexibility index (Phi) is 9.36. The third-order valence-electron chi connectivity index (χ3n) is 8.08. The number of hydrogen-bond acceptors (Lipinski definition) is 8. The van der Waals surface area contributed by atoms with E-state index in [9.17, 15) is 30.0 Å². The van der Waals surface area contributed by atoms with E-state index in [1.54, 1.807) is 24.3 Å². The molecule has 5 rings (SSSR count). The minimum Gasteiger partial charge on any atom is -0.494 e. The standard InChI is InChI=1S/C32H34ClNO8S/c1-2-41-21-7-3-17(4-8-21)13-20-14-18(6-10-23(20)33)29-28(37)27(36)26(35)24(42-29)16-43-25-15-19(30(34)38)5-9-22(25)32(11-12-32)31(39)40/h3-10,14-15,24,26-29,35-37H,2,11-13,16H2,1H3,(H2,34,38)(H,39,40)/t24-,26+,27-,28-,29+/m1/s1. The monoisotopic (exact) mass is 627 g/mol. The Morgan fingerprint density at radius 3 is 2.37 bits per heavy atom. The summed E-state index contributed by atoms with van der Waals surface area (Å²) in [6, 6.07) is 17.6. The number of primary amides is 1. The van der Waals surface area contributed by atoms with E-state index in [1.165, 1.54) is 17.8 Å². The summed E-state index contributed by atoms with van der Waals surface area (Å²) in [5.41, 5.74) is 7.61. The van der Waals surface area contributed by atoms with Crippen molar-refractivity contribution in [3.8, 4) is 5.75 Å². The first-order chi connectivity index (χ1) is 20.5. The van der Waals surface area contributed by atoms with E-state index in [1.807, 2.05) is 37.3 Å². The number of aliphatic hydroxyl groups is 3. The maximum Gasteiger partial charge on any atom is 0.314 e. The zero-order chi connectivity index (χ0) is 30.9. The number of benzene rings is 3. The number of rotatable bonds is 11. The second-order valence-electron chi connectivity index (χ2n) is 10.9. The van der Waals surface area contributed by atoms with Crippen LogP contribution in [0.2, 0.25) is 5.02 Å². The highest BCUT2D eigenvalue weighted by Crippen LogP contribution is 2.51. The van der Waals surface area contributed by atoms with Crippen molar-refractivity contribution in [2.75, 3.05) is 12.4 Å². The van der Waals surface area contributed by atoms with Crippen LogP contribution in [0.3, 0.4) is 0 Å². The number of carboxylic acids is 1. The summed E-state index contributed by atoms with van der Waals surface area (Å²) in [5, 5.41) is 42.9. The summed E-state index contributed by atoms with van der Waals surface area (Å²) in [4.78, 5) is 24.5. The quantitative estimate of drug-likeness (QED) is 0.199. The van der Waals surface area contributed by atoms with E-state index in [-0.39, 0.29) is 11.3 Å². The molecule has 3 aromatic carbocycles. The van der Waals surface area contributed by atoms with Gasteiger partial charge in [0.15, 0.2) is 0 Å². The molecule has 1 saturated carbocycles. The molecule has 1 heterocycles. The first-order valence-corrected chi connectivity index (χ1v) is 15.4. The van der Waals surface area contributed by atoms with Gasteiger partial charge in [0, 0.05) is 21.2 Å². The molecule has 0 aromatic heterocycles. The van der Waals surface area contributed by atoms with Crippen LogP contribution >= 0.6 is 23.4 Å². The van der Waals surface area contributed by atoms with Crippen molar-refractivity contribution in [2.45, 2.75) is 67.0 Å². The van der Waals surface area contributed by atoms with Crippen molar-refractivity contribution in [3.63, 3.8) is 0 Å². The molecule has 1 saturated heterocycles. The fourth-order valence-corrected chi connectivity index (χ4v) is 6.88. The highest BCUT2D eigenvalue weighted by Gasteiger charge is 2.53. The molecule has 5 atom stereocenters. The SMILES string of the molecule is CCOc1ccc(Cc2cc([C@@H]3O[C@H](CSc4cc(C(N)=O)ccc4C4(C(=O)O)CC4)[C@H](O)[C@@H](O)[C@H]3O)ccc2Cl)cc1. The molecule has 1 aliphatic heterocycles. The fourth-order valence-electron chi connectivity index (χ4n) is 5.45. The molecule has 228 valence electrons. The Balaban J connectivity index is 1.36. The first kappa shape index (κ1) is 31.3. The summed E-state index contributed by atoms with van der Waals surface area (Å²) in [5.74, 6) is -0.716. The predicted molar refractivity (Wildman–Crippen MR) is 162 cm³/mol. The van der Waals surface area contributed by atoms with Crippen LogP contribution in [0.1, 0.15) is 58.5 Å². The van der Waals surface area contributed by atoms with Crippen LogP contribution in [-0.4, -0.2) is 69.1 Å². The lowest BCUT2D eigenvalue weighted by molar-refractivity contribution is -0.218. The van der Waals surface area contributed by atoms with Gasteiger partial charge in [0.05, 0.1) is 18.1 Å². The molecule has 11 heteroatoms. The van der Waals surface area contributed by atoms with Gasteiger partial charge in [-0.2, -0.15) is 0 Å². The third kappa shape index (κ3) is 6.55. The second-order valence-corrected chi connectivity index (χ2v) is 12.4. The Labute approximate surface area is 258 Å². The summed E-state index contributed by atoms with van der Waals surface area (Å²) in [6.07, 6.45) is -4.77. The molecule has 1 aliphatic carbocycles. The van der Waals surface area contributed by atoms with Gasteiger partial charge in [-0.3, -0.25) is 9.59 Å². The minimum atomic E-state index is -1.50. The molecule has 0 radical (unpaired) electrons. The molecule has 0 bridgehead atoms. The number of aliphatic hydroxyl groups excluding tert-OH is 3. The molecule has 0 unspecified atom stereocenters. The lowest BCUT2D eigenvalue weighted by atomic mass is 9.90. The van der Waals surface area contributed by atoms with Gasteiger partial charge >= 0.3 is 5.97 Å². The van der Waals surface area contributed by atoms with Gasteiger partial charge in [0.2, 0.25) is 5.91 Å². The Morgan fingerprint density at radius 1 is 1.02 bits per heavy atom. The van der Waals surface area contributed by atoms with Crippen molar-refractivity contribution in [1.29, 1.82) is 0 Å². The maximum absolute atomic E-state index is 12.1. The van der Waals surface area contributed by atoms with Crippen molar-refractivity contribution in [1.82, 2.24) is 0 Å². The Morgan fingerprint density at radius 2 is 1.74 bits per heavy atom. The van der Waals surface area contributed by atoms with Crippen LogP contribution in [0.5, 0.6) is 5.75 Å². The minimum absolute atomic E-state index is 0.110. The molecular weight excluding hydrogens is 594 g/mol. The van der Waals surface area contributed by atoms with Crippen molar-refractivity contribution in [2.24, 2.45) is 5.73 Å². The van der Waals surface area contributed by atoms with E-state index >= 15 is 0 Å². The van der Waals surface area contributed by atoms with Gasteiger partial charge in [-0.15, -0.1) is 11.8 Å². The van der Waals surface area contributed by atoms with E-state index in [2.05, 4.69) is 0 Å². The van der Waals surface area contributed by atoms with E-state index in [4.69, 9.17) is 26.8 Å². The van der Waals surface area contributed by atoms with Gasteiger partial charge in [-0.25, -0.2) is 0 Å². The molecule has 9 nitrogen and oxygen atoms in total. The highest BCUT2D eigenvalue weighted by atomic mass is 35.5. The van der Waals surface area contributed by atoms with Crippen molar-refractivity contribution >= 4 is 35.2 Å². The van der Waals surface area contributed by atoms with Crippen LogP contribution in [0.15, 0.2) is 65.6 Å². The largest absolute Gasteiger partial charge is 0.494 e. The number of carbonyl (C=O) groups excluding carboxylic acids is 1. The van der Waals surface area contributed by atoms with Crippen molar-refractivity contribution in [3.05, 3.63) is 93.5 Å². The topological polar surface area (TPSA) is 160 Å². The molecule has 2 fully saturated rings. The van der Waals surface area contributed by atoms with Crippen LogP contribution < -0.4 is 10.5 Å². The van der Waals surface area contributed by atoms with Gasteiger partial charge in [0.25, 0.3) is 0 Å². The predicted octanol–water partition coefficient (Wildman–Crippen LogP) is 3.86. The fraction of sp³-hybridized carbons (Fsp3) is 0.375. The lowest BCUT2D eigenvalue weighted by Gasteiger charge is -2.41. The number of nitrogens with two attached hydrogens (primary N) is 1. The number of ether oxygens (including phenoxy) is 2. The number of thioether (sulfide) groups is 1. The zero-order valence-corrected chi connectivity index (χ0v) is 25.1. The summed E-state index contributed by atoms with van der Waals surface area (Å²) in [7, 11) is 0.